The Bertz CT molecular complexity index is 659. The van der Waals surface area contributed by atoms with E-state index >= 15 is 0 Å². The van der Waals surface area contributed by atoms with Crippen LogP contribution in [0.4, 0.5) is 5.69 Å². The zero-order valence-electron chi connectivity index (χ0n) is 10.6. The number of carbonyl (C=O) groups excluding carboxylic acids is 1. The highest BCUT2D eigenvalue weighted by molar-refractivity contribution is 6.42. The van der Waals surface area contributed by atoms with Crippen LogP contribution in [0.2, 0.25) is 15.2 Å². The third-order valence-electron chi connectivity index (χ3n) is 2.67. The van der Waals surface area contributed by atoms with Crippen LogP contribution in [0.1, 0.15) is 11.3 Å². The molecule has 0 saturated carbocycles. The fourth-order valence-corrected chi connectivity index (χ4v) is 2.20. The van der Waals surface area contributed by atoms with Crippen molar-refractivity contribution in [2.24, 2.45) is 0 Å². The predicted molar refractivity (Wildman–Crippen MR) is 82.8 cm³/mol. The number of aryl methyl sites for hydroxylation is 1. The molecule has 0 aliphatic heterocycles. The number of rotatable bonds is 3. The molecule has 2 rings (SSSR count). The van der Waals surface area contributed by atoms with Crippen LogP contribution in [0.3, 0.4) is 0 Å². The standard InChI is InChI=1S/C14H11Cl3N2O/c1-8-12(4-5-13(17)18-8)19-14(20)7-9-2-3-10(15)11(16)6-9/h2-6H,7H2,1H3,(H,19,20). The molecule has 0 unspecified atom stereocenters. The van der Waals surface area contributed by atoms with E-state index in [2.05, 4.69) is 10.3 Å². The van der Waals surface area contributed by atoms with Gasteiger partial charge in [0.1, 0.15) is 5.15 Å². The molecule has 20 heavy (non-hydrogen) atoms. The molecule has 0 atom stereocenters. The molecule has 1 aromatic carbocycles. The minimum absolute atomic E-state index is 0.157. The Hall–Kier alpha value is -1.29. The van der Waals surface area contributed by atoms with Gasteiger partial charge in [0, 0.05) is 0 Å². The molecule has 3 nitrogen and oxygen atoms in total. The molecule has 0 saturated heterocycles. The third-order valence-corrected chi connectivity index (χ3v) is 3.62. The van der Waals surface area contributed by atoms with Crippen molar-refractivity contribution < 1.29 is 4.79 Å². The molecule has 0 aliphatic rings. The smallest absolute Gasteiger partial charge is 0.228 e. The molecule has 1 amide bonds. The zero-order valence-corrected chi connectivity index (χ0v) is 12.9. The Morgan fingerprint density at radius 2 is 1.90 bits per heavy atom. The monoisotopic (exact) mass is 328 g/mol. The fraction of sp³-hybridized carbons (Fsp3) is 0.143. The number of halogens is 3. The Balaban J connectivity index is 2.07. The first-order valence-electron chi connectivity index (χ1n) is 5.82. The Morgan fingerprint density at radius 1 is 1.15 bits per heavy atom. The fourth-order valence-electron chi connectivity index (χ4n) is 1.69. The van der Waals surface area contributed by atoms with Crippen molar-refractivity contribution in [1.82, 2.24) is 4.98 Å². The van der Waals surface area contributed by atoms with Crippen LogP contribution in [-0.2, 0) is 11.2 Å². The predicted octanol–water partition coefficient (Wildman–Crippen LogP) is 4.53. The van der Waals surface area contributed by atoms with Gasteiger partial charge in [-0.1, -0.05) is 40.9 Å². The molecule has 1 N–H and O–H groups in total. The normalized spacial score (nSPS) is 10.4. The molecular weight excluding hydrogens is 319 g/mol. The first kappa shape index (κ1) is 15.1. The van der Waals surface area contributed by atoms with Crippen molar-refractivity contribution in [2.75, 3.05) is 5.32 Å². The van der Waals surface area contributed by atoms with Crippen LogP contribution >= 0.6 is 34.8 Å². The van der Waals surface area contributed by atoms with Crippen molar-refractivity contribution in [2.45, 2.75) is 13.3 Å². The van der Waals surface area contributed by atoms with Gasteiger partial charge in [0.05, 0.1) is 27.8 Å². The minimum atomic E-state index is -0.157. The third kappa shape index (κ3) is 3.85. The number of hydrogen-bond donors (Lipinski definition) is 1. The van der Waals surface area contributed by atoms with Gasteiger partial charge in [-0.2, -0.15) is 0 Å². The number of benzene rings is 1. The lowest BCUT2D eigenvalue weighted by molar-refractivity contribution is -0.115. The summed E-state index contributed by atoms with van der Waals surface area (Å²) in [5.41, 5.74) is 2.09. The van der Waals surface area contributed by atoms with Crippen LogP contribution in [0, 0.1) is 6.92 Å². The summed E-state index contributed by atoms with van der Waals surface area (Å²) in [5, 5.41) is 4.08. The van der Waals surface area contributed by atoms with Gasteiger partial charge in [-0.3, -0.25) is 4.79 Å². The number of nitrogens with one attached hydrogen (secondary N) is 1. The van der Waals surface area contributed by atoms with E-state index in [1.807, 2.05) is 0 Å². The van der Waals surface area contributed by atoms with E-state index in [0.717, 1.165) is 5.56 Å². The second-order valence-corrected chi connectivity index (χ2v) is 5.44. The first-order valence-corrected chi connectivity index (χ1v) is 6.96. The summed E-state index contributed by atoms with van der Waals surface area (Å²) >= 11 is 17.5. The van der Waals surface area contributed by atoms with Crippen molar-refractivity contribution in [3.8, 4) is 0 Å². The first-order chi connectivity index (χ1) is 9.45. The van der Waals surface area contributed by atoms with Crippen LogP contribution in [-0.4, -0.2) is 10.9 Å². The summed E-state index contributed by atoms with van der Waals surface area (Å²) in [6, 6.07) is 8.46. The summed E-state index contributed by atoms with van der Waals surface area (Å²) in [6.45, 7) is 1.78. The maximum absolute atomic E-state index is 12.0. The number of amides is 1. The highest BCUT2D eigenvalue weighted by Crippen LogP contribution is 2.23. The van der Waals surface area contributed by atoms with Gasteiger partial charge in [0.2, 0.25) is 5.91 Å². The number of pyridine rings is 1. The molecule has 6 heteroatoms. The van der Waals surface area contributed by atoms with E-state index < -0.39 is 0 Å². The van der Waals surface area contributed by atoms with Crippen LogP contribution in [0.25, 0.3) is 0 Å². The van der Waals surface area contributed by atoms with Gasteiger partial charge in [-0.05, 0) is 36.8 Å². The molecule has 104 valence electrons. The van der Waals surface area contributed by atoms with Crippen molar-refractivity contribution in [1.29, 1.82) is 0 Å². The zero-order chi connectivity index (χ0) is 14.7. The Kier molecular flexibility index (Phi) is 4.86. The lowest BCUT2D eigenvalue weighted by Gasteiger charge is -2.08. The quantitative estimate of drug-likeness (QED) is 0.841. The second-order valence-electron chi connectivity index (χ2n) is 4.24. The number of carbonyl (C=O) groups is 1. The molecule has 0 aliphatic carbocycles. The molecule has 1 heterocycles. The molecule has 0 fully saturated rings. The maximum atomic E-state index is 12.0. The van der Waals surface area contributed by atoms with Crippen molar-refractivity contribution in [3.63, 3.8) is 0 Å². The van der Waals surface area contributed by atoms with Crippen LogP contribution in [0.15, 0.2) is 30.3 Å². The number of aromatic nitrogens is 1. The van der Waals surface area contributed by atoms with E-state index in [-0.39, 0.29) is 12.3 Å². The summed E-state index contributed by atoms with van der Waals surface area (Å²) in [7, 11) is 0. The SMILES string of the molecule is Cc1nc(Cl)ccc1NC(=O)Cc1ccc(Cl)c(Cl)c1. The lowest BCUT2D eigenvalue weighted by Crippen LogP contribution is -2.15. The van der Waals surface area contributed by atoms with Crippen molar-refractivity contribution >= 4 is 46.4 Å². The van der Waals surface area contributed by atoms with Gasteiger partial charge >= 0.3 is 0 Å². The summed E-state index contributed by atoms with van der Waals surface area (Å²) < 4.78 is 0. The molecule has 0 spiro atoms. The van der Waals surface area contributed by atoms with E-state index in [4.69, 9.17) is 34.8 Å². The van der Waals surface area contributed by atoms with E-state index in [0.29, 0.717) is 26.6 Å². The van der Waals surface area contributed by atoms with E-state index in [1.165, 1.54) is 0 Å². The van der Waals surface area contributed by atoms with E-state index in [1.54, 1.807) is 37.3 Å². The topological polar surface area (TPSA) is 42.0 Å². The minimum Gasteiger partial charge on any atom is -0.324 e. The van der Waals surface area contributed by atoms with Crippen molar-refractivity contribution in [3.05, 3.63) is 56.8 Å². The number of hydrogen-bond acceptors (Lipinski definition) is 2. The Labute approximate surface area is 131 Å². The molecule has 0 bridgehead atoms. The highest BCUT2D eigenvalue weighted by atomic mass is 35.5. The van der Waals surface area contributed by atoms with E-state index in [9.17, 15) is 4.79 Å². The molecule has 0 radical (unpaired) electrons. The average Bonchev–Trinajstić information content (AvgIpc) is 2.37. The van der Waals surface area contributed by atoms with Gasteiger partial charge in [0.25, 0.3) is 0 Å². The maximum Gasteiger partial charge on any atom is 0.228 e. The second kappa shape index (κ2) is 6.44. The Morgan fingerprint density at radius 3 is 2.55 bits per heavy atom. The van der Waals surface area contributed by atoms with Gasteiger partial charge in [-0.15, -0.1) is 0 Å². The molecule has 2 aromatic rings. The summed E-state index contributed by atoms with van der Waals surface area (Å²) in [6.07, 6.45) is 0.207. The molecule has 1 aromatic heterocycles. The van der Waals surface area contributed by atoms with Crippen LogP contribution in [0.5, 0.6) is 0 Å². The number of anilines is 1. The lowest BCUT2D eigenvalue weighted by atomic mass is 10.1. The summed E-state index contributed by atoms with van der Waals surface area (Å²) in [5.74, 6) is -0.157. The van der Waals surface area contributed by atoms with Crippen LogP contribution < -0.4 is 5.32 Å². The number of nitrogens with zero attached hydrogens (tertiary/aromatic N) is 1. The molecular formula is C14H11Cl3N2O. The average molecular weight is 330 g/mol. The van der Waals surface area contributed by atoms with Gasteiger partial charge < -0.3 is 5.32 Å². The van der Waals surface area contributed by atoms with Gasteiger partial charge in [0.15, 0.2) is 0 Å². The summed E-state index contributed by atoms with van der Waals surface area (Å²) in [4.78, 5) is 16.0. The van der Waals surface area contributed by atoms with Gasteiger partial charge in [-0.25, -0.2) is 4.98 Å². The largest absolute Gasteiger partial charge is 0.324 e. The highest BCUT2D eigenvalue weighted by Gasteiger charge is 2.08.